The van der Waals surface area contributed by atoms with E-state index in [9.17, 15) is 9.18 Å². The second kappa shape index (κ2) is 5.95. The molecule has 0 saturated heterocycles. The van der Waals surface area contributed by atoms with E-state index in [0.29, 0.717) is 11.0 Å². The van der Waals surface area contributed by atoms with Crippen molar-refractivity contribution in [2.75, 3.05) is 5.43 Å². The van der Waals surface area contributed by atoms with Gasteiger partial charge in [-0.25, -0.2) is 9.37 Å². The predicted molar refractivity (Wildman–Crippen MR) is 85.0 cm³/mol. The van der Waals surface area contributed by atoms with E-state index in [1.165, 1.54) is 18.3 Å². The molecule has 0 aliphatic rings. The summed E-state index contributed by atoms with van der Waals surface area (Å²) in [6.07, 6.45) is 1.20. The Labute approximate surface area is 129 Å². The van der Waals surface area contributed by atoms with Crippen LogP contribution in [0.1, 0.15) is 5.56 Å². The summed E-state index contributed by atoms with van der Waals surface area (Å²) in [6.45, 7) is 0. The lowest BCUT2D eigenvalue weighted by atomic mass is 10.2. The molecule has 0 spiro atoms. The Morgan fingerprint density at radius 2 is 2.05 bits per heavy atom. The fourth-order valence-corrected chi connectivity index (χ4v) is 2.11. The number of anilines is 1. The second-order valence-electron chi connectivity index (χ2n) is 4.44. The molecular weight excluding hydrogens is 307 g/mol. The van der Waals surface area contributed by atoms with Crippen LogP contribution in [-0.2, 0) is 0 Å². The minimum Gasteiger partial charge on any atom is -0.317 e. The molecule has 1 aromatic heterocycles. The van der Waals surface area contributed by atoms with Crippen LogP contribution in [0.2, 0.25) is 5.02 Å². The molecule has 0 fully saturated rings. The van der Waals surface area contributed by atoms with Gasteiger partial charge in [0, 0.05) is 5.56 Å². The summed E-state index contributed by atoms with van der Waals surface area (Å²) in [7, 11) is 0. The Morgan fingerprint density at radius 3 is 2.86 bits per heavy atom. The molecule has 3 rings (SSSR count). The summed E-state index contributed by atoms with van der Waals surface area (Å²) < 4.78 is 13.6. The van der Waals surface area contributed by atoms with Gasteiger partial charge in [0.05, 0.1) is 22.3 Å². The molecule has 2 aromatic carbocycles. The molecule has 5 nitrogen and oxygen atoms in total. The first-order valence-electron chi connectivity index (χ1n) is 6.37. The Hall–Kier alpha value is -2.73. The number of H-pyrrole nitrogens is 1. The second-order valence-corrected chi connectivity index (χ2v) is 4.84. The number of aromatic amines is 1. The minimum atomic E-state index is -0.501. The van der Waals surface area contributed by atoms with Crippen molar-refractivity contribution in [3.63, 3.8) is 0 Å². The molecule has 0 saturated carbocycles. The highest BCUT2D eigenvalue weighted by atomic mass is 35.5. The first kappa shape index (κ1) is 14.2. The number of nitrogens with one attached hydrogen (secondary N) is 2. The Morgan fingerprint density at radius 1 is 1.23 bits per heavy atom. The molecule has 0 aliphatic carbocycles. The molecule has 2 N–H and O–H groups in total. The number of hydrazone groups is 1. The standard InChI is InChI=1S/C15H10ClFN4O/c16-10-4-3-5-11(17)9(10)8-18-21-14-15(22)20-13-7-2-1-6-12(13)19-14/h1-8H,(H,19,21)(H,20,22). The van der Waals surface area contributed by atoms with Crippen molar-refractivity contribution in [2.45, 2.75) is 0 Å². The lowest BCUT2D eigenvalue weighted by Gasteiger charge is -2.02. The molecule has 0 aliphatic heterocycles. The maximum Gasteiger partial charge on any atom is 0.293 e. The van der Waals surface area contributed by atoms with Crippen LogP contribution in [0, 0.1) is 5.82 Å². The van der Waals surface area contributed by atoms with Gasteiger partial charge in [-0.3, -0.25) is 10.2 Å². The fraction of sp³-hybridized carbons (Fsp3) is 0. The van der Waals surface area contributed by atoms with Crippen molar-refractivity contribution in [1.82, 2.24) is 9.97 Å². The molecule has 1 heterocycles. The summed E-state index contributed by atoms with van der Waals surface area (Å²) in [5.41, 5.74) is 3.45. The zero-order chi connectivity index (χ0) is 15.5. The first-order chi connectivity index (χ1) is 10.6. The summed E-state index contributed by atoms with van der Waals surface area (Å²) >= 11 is 5.88. The van der Waals surface area contributed by atoms with Crippen LogP contribution >= 0.6 is 11.6 Å². The molecular formula is C15H10ClFN4O. The van der Waals surface area contributed by atoms with Gasteiger partial charge in [0.15, 0.2) is 0 Å². The van der Waals surface area contributed by atoms with Crippen molar-refractivity contribution in [3.8, 4) is 0 Å². The van der Waals surface area contributed by atoms with Crippen LogP contribution in [0.15, 0.2) is 52.4 Å². The van der Waals surface area contributed by atoms with Gasteiger partial charge in [0.25, 0.3) is 5.56 Å². The quantitative estimate of drug-likeness (QED) is 0.576. The van der Waals surface area contributed by atoms with Crippen LogP contribution in [0.25, 0.3) is 11.0 Å². The highest BCUT2D eigenvalue weighted by molar-refractivity contribution is 6.33. The number of hydrogen-bond acceptors (Lipinski definition) is 4. The number of hydrogen-bond donors (Lipinski definition) is 2. The zero-order valence-corrected chi connectivity index (χ0v) is 11.9. The van der Waals surface area contributed by atoms with Gasteiger partial charge < -0.3 is 4.98 Å². The summed E-state index contributed by atoms with van der Waals surface area (Å²) in [5, 5.41) is 4.05. The van der Waals surface area contributed by atoms with Gasteiger partial charge in [0.1, 0.15) is 5.82 Å². The van der Waals surface area contributed by atoms with Gasteiger partial charge in [-0.05, 0) is 24.3 Å². The van der Waals surface area contributed by atoms with E-state index in [4.69, 9.17) is 11.6 Å². The summed E-state index contributed by atoms with van der Waals surface area (Å²) in [5.74, 6) is -0.485. The van der Waals surface area contributed by atoms with Crippen LogP contribution < -0.4 is 11.0 Å². The third kappa shape index (κ3) is 2.82. The van der Waals surface area contributed by atoms with E-state index in [-0.39, 0.29) is 16.4 Å². The first-order valence-corrected chi connectivity index (χ1v) is 6.75. The van der Waals surface area contributed by atoms with Gasteiger partial charge in [-0.15, -0.1) is 0 Å². The van der Waals surface area contributed by atoms with Gasteiger partial charge in [-0.1, -0.05) is 29.8 Å². The number of benzene rings is 2. The largest absolute Gasteiger partial charge is 0.317 e. The van der Waals surface area contributed by atoms with Crippen molar-refractivity contribution in [1.29, 1.82) is 0 Å². The minimum absolute atomic E-state index is 0.0161. The molecule has 110 valence electrons. The van der Waals surface area contributed by atoms with Crippen molar-refractivity contribution < 1.29 is 4.39 Å². The van der Waals surface area contributed by atoms with Crippen LogP contribution in [0.4, 0.5) is 10.2 Å². The molecule has 0 atom stereocenters. The van der Waals surface area contributed by atoms with E-state index < -0.39 is 11.4 Å². The number of rotatable bonds is 3. The number of fused-ring (bicyclic) bond motifs is 1. The number of aromatic nitrogens is 2. The lowest BCUT2D eigenvalue weighted by Crippen LogP contribution is -2.13. The average Bonchev–Trinajstić information content (AvgIpc) is 2.50. The van der Waals surface area contributed by atoms with E-state index in [2.05, 4.69) is 20.5 Å². The van der Waals surface area contributed by atoms with Crippen LogP contribution in [0.3, 0.4) is 0 Å². The number of halogens is 2. The van der Waals surface area contributed by atoms with E-state index in [1.54, 1.807) is 30.3 Å². The lowest BCUT2D eigenvalue weighted by molar-refractivity contribution is 0.626. The summed E-state index contributed by atoms with van der Waals surface area (Å²) in [6, 6.07) is 11.4. The molecule has 0 bridgehead atoms. The van der Waals surface area contributed by atoms with Crippen molar-refractivity contribution >= 4 is 34.7 Å². The monoisotopic (exact) mass is 316 g/mol. The predicted octanol–water partition coefficient (Wildman–Crippen LogP) is 3.16. The Bertz CT molecular complexity index is 903. The third-order valence-electron chi connectivity index (χ3n) is 2.96. The summed E-state index contributed by atoms with van der Waals surface area (Å²) in [4.78, 5) is 18.7. The van der Waals surface area contributed by atoms with Crippen molar-refractivity contribution in [3.05, 3.63) is 69.2 Å². The van der Waals surface area contributed by atoms with E-state index in [1.807, 2.05) is 0 Å². The highest BCUT2D eigenvalue weighted by Gasteiger charge is 2.05. The zero-order valence-electron chi connectivity index (χ0n) is 11.2. The van der Waals surface area contributed by atoms with Crippen LogP contribution in [0.5, 0.6) is 0 Å². The van der Waals surface area contributed by atoms with Gasteiger partial charge >= 0.3 is 0 Å². The molecule has 22 heavy (non-hydrogen) atoms. The van der Waals surface area contributed by atoms with E-state index >= 15 is 0 Å². The number of para-hydroxylation sites is 2. The molecule has 7 heteroatoms. The number of nitrogens with zero attached hydrogens (tertiary/aromatic N) is 2. The maximum absolute atomic E-state index is 13.6. The van der Waals surface area contributed by atoms with E-state index in [0.717, 1.165) is 0 Å². The Kier molecular flexibility index (Phi) is 3.84. The normalized spacial score (nSPS) is 11.2. The van der Waals surface area contributed by atoms with Crippen LogP contribution in [-0.4, -0.2) is 16.2 Å². The Balaban J connectivity index is 1.89. The van der Waals surface area contributed by atoms with Crippen molar-refractivity contribution in [2.24, 2.45) is 5.10 Å². The van der Waals surface area contributed by atoms with Gasteiger partial charge in [-0.2, -0.15) is 5.10 Å². The topological polar surface area (TPSA) is 70.1 Å². The molecule has 0 unspecified atom stereocenters. The molecule has 0 radical (unpaired) electrons. The SMILES string of the molecule is O=c1[nH]c2ccccc2nc1NN=Cc1c(F)cccc1Cl. The highest BCUT2D eigenvalue weighted by Crippen LogP contribution is 2.16. The molecule has 0 amide bonds. The fourth-order valence-electron chi connectivity index (χ4n) is 1.90. The maximum atomic E-state index is 13.6. The molecule has 3 aromatic rings. The van der Waals surface area contributed by atoms with Gasteiger partial charge in [0.2, 0.25) is 5.82 Å². The smallest absolute Gasteiger partial charge is 0.293 e. The third-order valence-corrected chi connectivity index (χ3v) is 3.29. The average molecular weight is 317 g/mol.